The molecule has 0 aliphatic rings. The molecule has 0 saturated carbocycles. The lowest BCUT2D eigenvalue weighted by atomic mass is 9.83. The minimum atomic E-state index is -0.994. The van der Waals surface area contributed by atoms with Crippen LogP contribution in [-0.4, -0.2) is 28.8 Å². The van der Waals surface area contributed by atoms with E-state index in [1.165, 1.54) is 0 Å². The van der Waals surface area contributed by atoms with Gasteiger partial charge in [0.25, 0.3) is 0 Å². The molecule has 0 bridgehead atoms. The van der Waals surface area contributed by atoms with Crippen molar-refractivity contribution in [2.75, 3.05) is 0 Å². The Hall–Kier alpha value is -2.37. The van der Waals surface area contributed by atoms with E-state index in [0.717, 1.165) is 32.7 Å². The molecule has 5 heteroatoms. The minimum Gasteiger partial charge on any atom is -0.456 e. The molecule has 0 aliphatic heterocycles. The molecule has 2 heterocycles. The van der Waals surface area contributed by atoms with Gasteiger partial charge in [0.2, 0.25) is 0 Å². The second kappa shape index (κ2) is 5.83. The second-order valence-corrected chi connectivity index (χ2v) is 7.67. The number of benzene rings is 2. The first-order valence-corrected chi connectivity index (χ1v) is 8.70. The Kier molecular flexibility index (Phi) is 3.83. The van der Waals surface area contributed by atoms with Gasteiger partial charge in [0.05, 0.1) is 11.2 Å². The summed E-state index contributed by atoms with van der Waals surface area (Å²) in [7, 11) is 1.62. The Morgan fingerprint density at radius 2 is 1.69 bits per heavy atom. The van der Waals surface area contributed by atoms with Crippen LogP contribution >= 0.6 is 0 Å². The third-order valence-electron chi connectivity index (χ3n) is 5.22. The van der Waals surface area contributed by atoms with E-state index in [-0.39, 0.29) is 0 Å². The van der Waals surface area contributed by atoms with Crippen LogP contribution in [0.2, 0.25) is 0 Å². The average molecular weight is 346 g/mol. The molecule has 0 unspecified atom stereocenters. The summed E-state index contributed by atoms with van der Waals surface area (Å²) in [5, 5.41) is 14.5. The summed E-state index contributed by atoms with van der Waals surface area (Å²) in [6.45, 7) is 7.16. The molecule has 1 radical (unpaired) electrons. The van der Waals surface area contributed by atoms with Crippen molar-refractivity contribution in [3.8, 4) is 0 Å². The van der Waals surface area contributed by atoms with Crippen LogP contribution in [0, 0.1) is 0 Å². The smallest absolute Gasteiger partial charge is 0.352 e. The molecule has 0 amide bonds. The Morgan fingerprint density at radius 3 is 2.38 bits per heavy atom. The van der Waals surface area contributed by atoms with E-state index in [9.17, 15) is 5.11 Å². The Labute approximate surface area is 153 Å². The van der Waals surface area contributed by atoms with E-state index in [0.29, 0.717) is 5.59 Å². The van der Waals surface area contributed by atoms with Crippen LogP contribution in [-0.2, 0) is 4.65 Å². The van der Waals surface area contributed by atoms with Crippen LogP contribution in [0.4, 0.5) is 0 Å². The minimum absolute atomic E-state index is 0.689. The lowest BCUT2D eigenvalue weighted by Gasteiger charge is -2.37. The molecule has 0 aliphatic carbocycles. The highest BCUT2D eigenvalue weighted by Crippen LogP contribution is 2.31. The van der Waals surface area contributed by atoms with E-state index < -0.39 is 11.2 Å². The summed E-state index contributed by atoms with van der Waals surface area (Å²) in [5.74, 6) is 0. The van der Waals surface area contributed by atoms with Gasteiger partial charge in [-0.3, -0.25) is 4.98 Å². The number of rotatable bonds is 4. The Bertz CT molecular complexity index is 1110. The number of aromatic nitrogens is 1. The highest BCUT2D eigenvalue weighted by molar-refractivity contribution is 6.51. The summed E-state index contributed by atoms with van der Waals surface area (Å²) < 4.78 is 12.0. The number of hydrogen-bond donors (Lipinski definition) is 1. The van der Waals surface area contributed by atoms with E-state index in [1.54, 1.807) is 27.5 Å². The first-order valence-electron chi connectivity index (χ1n) is 8.70. The maximum atomic E-state index is 10.3. The quantitative estimate of drug-likeness (QED) is 0.569. The summed E-state index contributed by atoms with van der Waals surface area (Å²) in [4.78, 5) is 4.47. The molecular weight excluding hydrogens is 325 g/mol. The predicted octanol–water partition coefficient (Wildman–Crippen LogP) is 3.94. The van der Waals surface area contributed by atoms with Gasteiger partial charge in [-0.1, -0.05) is 24.3 Å². The van der Waals surface area contributed by atoms with Crippen molar-refractivity contribution in [1.29, 1.82) is 0 Å². The van der Waals surface area contributed by atoms with Gasteiger partial charge < -0.3 is 14.2 Å². The molecule has 0 atom stereocenters. The van der Waals surface area contributed by atoms with Crippen molar-refractivity contribution in [2.45, 2.75) is 38.9 Å². The molecule has 2 aromatic heterocycles. The van der Waals surface area contributed by atoms with E-state index in [4.69, 9.17) is 9.07 Å². The zero-order valence-corrected chi connectivity index (χ0v) is 15.4. The fraction of sp³-hybridized carbons (Fsp3) is 0.286. The lowest BCUT2D eigenvalue weighted by Crippen LogP contribution is -2.49. The molecule has 4 aromatic rings. The van der Waals surface area contributed by atoms with Crippen molar-refractivity contribution >= 4 is 45.8 Å². The topological polar surface area (TPSA) is 55.5 Å². The monoisotopic (exact) mass is 346 g/mol. The SMILES string of the molecule is CC(C)(O)C(C)(C)O[B]c1nccc2oc3cc4ccccc4cc3c12. The van der Waals surface area contributed by atoms with Gasteiger partial charge in [0.1, 0.15) is 11.2 Å². The molecule has 2 aromatic carbocycles. The molecule has 0 fully saturated rings. The largest absolute Gasteiger partial charge is 0.456 e. The molecule has 4 rings (SSSR count). The first kappa shape index (κ1) is 17.1. The van der Waals surface area contributed by atoms with Gasteiger partial charge >= 0.3 is 7.48 Å². The molecular formula is C21H21BNO3. The fourth-order valence-electron chi connectivity index (χ4n) is 2.87. The first-order chi connectivity index (χ1) is 12.3. The van der Waals surface area contributed by atoms with E-state index >= 15 is 0 Å². The molecule has 131 valence electrons. The number of furan rings is 1. The maximum absolute atomic E-state index is 10.3. The summed E-state index contributed by atoms with van der Waals surface area (Å²) in [6, 6.07) is 14.2. The zero-order chi connectivity index (χ0) is 18.5. The van der Waals surface area contributed by atoms with Crippen LogP contribution in [0.25, 0.3) is 32.7 Å². The number of fused-ring (bicyclic) bond motifs is 4. The Balaban J connectivity index is 1.84. The third kappa shape index (κ3) is 2.77. The zero-order valence-electron chi connectivity index (χ0n) is 15.4. The van der Waals surface area contributed by atoms with Gasteiger partial charge in [-0.2, -0.15) is 0 Å². The number of nitrogens with zero attached hydrogens (tertiary/aromatic N) is 1. The lowest BCUT2D eigenvalue weighted by molar-refractivity contribution is -0.0893. The molecule has 1 N–H and O–H groups in total. The molecule has 26 heavy (non-hydrogen) atoms. The van der Waals surface area contributed by atoms with Crippen molar-refractivity contribution in [3.63, 3.8) is 0 Å². The highest BCUT2D eigenvalue weighted by atomic mass is 16.5. The maximum Gasteiger partial charge on any atom is 0.352 e. The van der Waals surface area contributed by atoms with Crippen molar-refractivity contribution in [1.82, 2.24) is 4.98 Å². The molecule has 0 saturated heterocycles. The summed E-state index contributed by atoms with van der Waals surface area (Å²) in [6.07, 6.45) is 1.71. The van der Waals surface area contributed by atoms with Crippen LogP contribution in [0.15, 0.2) is 53.1 Å². The van der Waals surface area contributed by atoms with Crippen molar-refractivity contribution in [2.24, 2.45) is 0 Å². The second-order valence-electron chi connectivity index (χ2n) is 7.67. The van der Waals surface area contributed by atoms with Crippen LogP contribution in [0.1, 0.15) is 27.7 Å². The van der Waals surface area contributed by atoms with Gasteiger partial charge in [0.15, 0.2) is 0 Å². The predicted molar refractivity (Wildman–Crippen MR) is 106 cm³/mol. The number of hydrogen-bond acceptors (Lipinski definition) is 4. The number of pyridine rings is 1. The van der Waals surface area contributed by atoms with Crippen molar-refractivity contribution in [3.05, 3.63) is 48.7 Å². The van der Waals surface area contributed by atoms with Gasteiger partial charge in [0, 0.05) is 22.6 Å². The summed E-state index contributed by atoms with van der Waals surface area (Å²) >= 11 is 0. The standard InChI is InChI=1S/C21H21BNO3/c1-20(2,24)21(3,4)26-22-19-18-15-11-13-7-5-6-8-14(13)12-17(15)25-16(18)9-10-23-19/h5-12,24H,1-4H3. The normalized spacial score (nSPS) is 13.0. The van der Waals surface area contributed by atoms with Crippen LogP contribution in [0.3, 0.4) is 0 Å². The van der Waals surface area contributed by atoms with E-state index in [1.807, 2.05) is 32.0 Å². The van der Waals surface area contributed by atoms with Gasteiger partial charge in [-0.05, 0) is 56.7 Å². The van der Waals surface area contributed by atoms with Crippen LogP contribution in [0.5, 0.6) is 0 Å². The van der Waals surface area contributed by atoms with Gasteiger partial charge in [-0.25, -0.2) is 0 Å². The average Bonchev–Trinajstić information content (AvgIpc) is 2.95. The van der Waals surface area contributed by atoms with Crippen LogP contribution < -0.4 is 5.59 Å². The third-order valence-corrected chi connectivity index (χ3v) is 5.22. The van der Waals surface area contributed by atoms with Crippen molar-refractivity contribution < 1.29 is 14.2 Å². The Morgan fingerprint density at radius 1 is 1.00 bits per heavy atom. The molecule has 0 spiro atoms. The molecule has 4 nitrogen and oxygen atoms in total. The fourth-order valence-corrected chi connectivity index (χ4v) is 2.87. The summed E-state index contributed by atoms with van der Waals surface area (Å²) in [5.41, 5.74) is 0.521. The van der Waals surface area contributed by atoms with Gasteiger partial charge in [-0.15, -0.1) is 0 Å². The van der Waals surface area contributed by atoms with E-state index in [2.05, 4.69) is 29.2 Å². The number of aliphatic hydroxyl groups is 1. The highest BCUT2D eigenvalue weighted by Gasteiger charge is 2.36.